The molecule has 1 N–H and O–H groups in total. The zero-order valence-electron chi connectivity index (χ0n) is 10.2. The molecule has 2 nitrogen and oxygen atoms in total. The van der Waals surface area contributed by atoms with Gasteiger partial charge in [0.15, 0.2) is 0 Å². The average molecular weight is 226 g/mol. The van der Waals surface area contributed by atoms with E-state index >= 15 is 0 Å². The first-order chi connectivity index (χ1) is 7.13. The van der Waals surface area contributed by atoms with Gasteiger partial charge in [0.1, 0.15) is 0 Å². The summed E-state index contributed by atoms with van der Waals surface area (Å²) in [5.74, 6) is 0.697. The Hall–Kier alpha value is -0.410. The highest BCUT2D eigenvalue weighted by Crippen LogP contribution is 2.22. The maximum Gasteiger partial charge on any atom is 0.0930 e. The second-order valence-electron chi connectivity index (χ2n) is 4.43. The van der Waals surface area contributed by atoms with Crippen molar-refractivity contribution in [2.45, 2.75) is 46.6 Å². The van der Waals surface area contributed by atoms with Crippen LogP contribution in [0.5, 0.6) is 0 Å². The van der Waals surface area contributed by atoms with Crippen LogP contribution in [-0.2, 0) is 6.42 Å². The van der Waals surface area contributed by atoms with Gasteiger partial charge < -0.3 is 5.32 Å². The minimum atomic E-state index is 0.448. The molecule has 86 valence electrons. The first-order valence-corrected chi connectivity index (χ1v) is 6.63. The lowest BCUT2D eigenvalue weighted by Gasteiger charge is -2.09. The van der Waals surface area contributed by atoms with Gasteiger partial charge in [0.05, 0.1) is 5.01 Å². The molecule has 0 saturated heterocycles. The number of aromatic nitrogens is 1. The van der Waals surface area contributed by atoms with Crippen molar-refractivity contribution in [1.29, 1.82) is 0 Å². The van der Waals surface area contributed by atoms with Gasteiger partial charge in [0, 0.05) is 23.5 Å². The Morgan fingerprint density at radius 3 is 2.73 bits per heavy atom. The van der Waals surface area contributed by atoms with Crippen LogP contribution in [0.1, 0.15) is 50.0 Å². The van der Waals surface area contributed by atoms with Gasteiger partial charge >= 0.3 is 0 Å². The van der Waals surface area contributed by atoms with Crippen molar-refractivity contribution in [2.24, 2.45) is 5.92 Å². The summed E-state index contributed by atoms with van der Waals surface area (Å²) in [6.45, 7) is 9.96. The summed E-state index contributed by atoms with van der Waals surface area (Å²) in [5.41, 5.74) is 0. The highest BCUT2D eigenvalue weighted by Gasteiger charge is 2.09. The molecule has 0 saturated carbocycles. The molecule has 0 aliphatic heterocycles. The summed E-state index contributed by atoms with van der Waals surface area (Å²) >= 11 is 1.85. The van der Waals surface area contributed by atoms with Crippen molar-refractivity contribution in [3.8, 4) is 0 Å². The monoisotopic (exact) mass is 226 g/mol. The average Bonchev–Trinajstić information content (AvgIpc) is 2.61. The van der Waals surface area contributed by atoms with Gasteiger partial charge in [-0.25, -0.2) is 4.98 Å². The van der Waals surface area contributed by atoms with Crippen molar-refractivity contribution in [1.82, 2.24) is 10.3 Å². The summed E-state index contributed by atoms with van der Waals surface area (Å²) in [6.07, 6.45) is 4.31. The van der Waals surface area contributed by atoms with Crippen LogP contribution in [0.2, 0.25) is 0 Å². The molecule has 0 radical (unpaired) electrons. The van der Waals surface area contributed by atoms with Crippen molar-refractivity contribution < 1.29 is 0 Å². The van der Waals surface area contributed by atoms with Gasteiger partial charge in [0.25, 0.3) is 0 Å². The lowest BCUT2D eigenvalue weighted by molar-refractivity contribution is 0.577. The van der Waals surface area contributed by atoms with Crippen LogP contribution in [-0.4, -0.2) is 11.5 Å². The Morgan fingerprint density at radius 2 is 2.13 bits per heavy atom. The third kappa shape index (κ3) is 4.31. The van der Waals surface area contributed by atoms with E-state index in [4.69, 9.17) is 0 Å². The van der Waals surface area contributed by atoms with Gasteiger partial charge in [-0.15, -0.1) is 11.3 Å². The number of rotatable bonds is 6. The molecule has 0 spiro atoms. The number of hydrogen-bond acceptors (Lipinski definition) is 3. The first kappa shape index (κ1) is 12.7. The number of hydrogen-bond donors (Lipinski definition) is 1. The molecule has 3 heteroatoms. The Labute approximate surface area is 97.1 Å². The molecule has 1 aromatic rings. The summed E-state index contributed by atoms with van der Waals surface area (Å²) in [6, 6.07) is 0.448. The molecule has 1 unspecified atom stereocenters. The van der Waals surface area contributed by atoms with E-state index < -0.39 is 0 Å². The maximum absolute atomic E-state index is 4.46. The predicted octanol–water partition coefficient (Wildman–Crippen LogP) is 3.40. The van der Waals surface area contributed by atoms with E-state index in [0.717, 1.165) is 13.0 Å². The molecule has 1 aromatic heterocycles. The maximum atomic E-state index is 4.46. The smallest absolute Gasteiger partial charge is 0.0930 e. The van der Waals surface area contributed by atoms with Crippen LogP contribution in [0.4, 0.5) is 0 Å². The highest BCUT2D eigenvalue weighted by atomic mass is 32.1. The lowest BCUT2D eigenvalue weighted by atomic mass is 10.1. The van der Waals surface area contributed by atoms with Crippen LogP contribution in [0, 0.1) is 5.92 Å². The Balaban J connectivity index is 2.51. The molecule has 0 aliphatic rings. The quantitative estimate of drug-likeness (QED) is 0.804. The van der Waals surface area contributed by atoms with Crippen LogP contribution in [0.3, 0.4) is 0 Å². The van der Waals surface area contributed by atoms with Gasteiger partial charge in [0.2, 0.25) is 0 Å². The standard InChI is InChI=1S/C12H22N2S/c1-5-6-13-10(4)11-8-14-12(15-11)7-9(2)3/h8-10,13H,5-7H2,1-4H3. The zero-order chi connectivity index (χ0) is 11.3. The van der Waals surface area contributed by atoms with Gasteiger partial charge in [-0.2, -0.15) is 0 Å². The van der Waals surface area contributed by atoms with Crippen LogP contribution in [0.15, 0.2) is 6.20 Å². The fourth-order valence-electron chi connectivity index (χ4n) is 1.43. The summed E-state index contributed by atoms with van der Waals surface area (Å²) in [4.78, 5) is 5.82. The molecule has 0 aromatic carbocycles. The van der Waals surface area contributed by atoms with E-state index in [1.807, 2.05) is 17.5 Å². The van der Waals surface area contributed by atoms with E-state index in [1.165, 1.54) is 16.3 Å². The molecule has 0 aliphatic carbocycles. The molecule has 1 atom stereocenters. The Bertz CT molecular complexity index is 281. The topological polar surface area (TPSA) is 24.9 Å². The fraction of sp³-hybridized carbons (Fsp3) is 0.750. The van der Waals surface area contributed by atoms with Crippen LogP contribution in [0.25, 0.3) is 0 Å². The number of nitrogens with zero attached hydrogens (tertiary/aromatic N) is 1. The molecular formula is C12H22N2S. The molecule has 1 rings (SSSR count). The van der Waals surface area contributed by atoms with E-state index in [0.29, 0.717) is 12.0 Å². The van der Waals surface area contributed by atoms with E-state index in [1.54, 1.807) is 0 Å². The molecule has 0 bridgehead atoms. The Morgan fingerprint density at radius 1 is 1.40 bits per heavy atom. The minimum Gasteiger partial charge on any atom is -0.309 e. The molecular weight excluding hydrogens is 204 g/mol. The van der Waals surface area contributed by atoms with E-state index in [9.17, 15) is 0 Å². The molecule has 0 fully saturated rings. The van der Waals surface area contributed by atoms with Crippen LogP contribution < -0.4 is 5.32 Å². The van der Waals surface area contributed by atoms with Gasteiger partial charge in [-0.05, 0) is 25.8 Å². The van der Waals surface area contributed by atoms with E-state index in [2.05, 4.69) is 38.0 Å². The largest absolute Gasteiger partial charge is 0.309 e. The van der Waals surface area contributed by atoms with Crippen LogP contribution >= 0.6 is 11.3 Å². The summed E-state index contributed by atoms with van der Waals surface area (Å²) < 4.78 is 0. The molecule has 0 amide bonds. The first-order valence-electron chi connectivity index (χ1n) is 5.81. The van der Waals surface area contributed by atoms with E-state index in [-0.39, 0.29) is 0 Å². The van der Waals surface area contributed by atoms with Gasteiger partial charge in [-0.1, -0.05) is 20.8 Å². The van der Waals surface area contributed by atoms with Crippen molar-refractivity contribution in [3.05, 3.63) is 16.1 Å². The summed E-state index contributed by atoms with van der Waals surface area (Å²) in [5, 5.41) is 4.75. The predicted molar refractivity (Wildman–Crippen MR) is 67.4 cm³/mol. The third-order valence-corrected chi connectivity index (χ3v) is 3.48. The molecule has 15 heavy (non-hydrogen) atoms. The van der Waals surface area contributed by atoms with Crippen molar-refractivity contribution in [2.75, 3.05) is 6.54 Å². The lowest BCUT2D eigenvalue weighted by Crippen LogP contribution is -2.18. The highest BCUT2D eigenvalue weighted by molar-refractivity contribution is 7.11. The SMILES string of the molecule is CCCNC(C)c1cnc(CC(C)C)s1. The molecule has 1 heterocycles. The third-order valence-electron chi connectivity index (χ3n) is 2.28. The zero-order valence-corrected chi connectivity index (χ0v) is 11.0. The van der Waals surface area contributed by atoms with Crippen molar-refractivity contribution >= 4 is 11.3 Å². The van der Waals surface area contributed by atoms with Crippen molar-refractivity contribution in [3.63, 3.8) is 0 Å². The fourth-order valence-corrected chi connectivity index (χ4v) is 2.59. The Kier molecular flexibility index (Phi) is 5.26. The minimum absolute atomic E-state index is 0.448. The second kappa shape index (κ2) is 6.23. The summed E-state index contributed by atoms with van der Waals surface area (Å²) in [7, 11) is 0. The number of nitrogens with one attached hydrogen (secondary N) is 1. The second-order valence-corrected chi connectivity index (χ2v) is 5.58. The normalized spacial score (nSPS) is 13.4. The van der Waals surface area contributed by atoms with Gasteiger partial charge in [-0.3, -0.25) is 0 Å². The number of thiazole rings is 1.